The molecule has 0 aliphatic carbocycles. The fraction of sp³-hybridized carbons (Fsp3) is 0.773. The van der Waals surface area contributed by atoms with E-state index >= 15 is 0 Å². The first kappa shape index (κ1) is 18.2. The first-order valence-electron chi connectivity index (χ1n) is 10.9. The van der Waals surface area contributed by atoms with Crippen molar-refractivity contribution >= 4 is 5.69 Å². The van der Waals surface area contributed by atoms with Gasteiger partial charge < -0.3 is 15.1 Å². The molecule has 0 amide bonds. The topological polar surface area (TPSA) is 31.4 Å². The summed E-state index contributed by atoms with van der Waals surface area (Å²) in [5.41, 5.74) is 2.42. The molecule has 26 heavy (non-hydrogen) atoms. The Labute approximate surface area is 159 Å². The average molecular weight is 357 g/mol. The third-order valence-electron chi connectivity index (χ3n) is 7.07. The summed E-state index contributed by atoms with van der Waals surface area (Å²) in [5, 5.41) is 3.49. The van der Waals surface area contributed by atoms with Gasteiger partial charge in [-0.2, -0.15) is 0 Å². The van der Waals surface area contributed by atoms with Crippen molar-refractivity contribution in [3.05, 3.63) is 24.0 Å². The monoisotopic (exact) mass is 356 g/mol. The van der Waals surface area contributed by atoms with Gasteiger partial charge in [0.05, 0.1) is 11.9 Å². The lowest BCUT2D eigenvalue weighted by Gasteiger charge is -2.41. The van der Waals surface area contributed by atoms with E-state index in [-0.39, 0.29) is 0 Å². The number of piperidine rings is 3. The van der Waals surface area contributed by atoms with Gasteiger partial charge in [-0.3, -0.25) is 4.98 Å². The highest BCUT2D eigenvalue weighted by Crippen LogP contribution is 2.34. The smallest absolute Gasteiger partial charge is 0.0552 e. The number of likely N-dealkylation sites (tertiary alicyclic amines) is 1. The highest BCUT2D eigenvalue weighted by molar-refractivity contribution is 5.44. The summed E-state index contributed by atoms with van der Waals surface area (Å²) in [6.45, 7) is 11.0. The van der Waals surface area contributed by atoms with E-state index in [9.17, 15) is 0 Å². The molecule has 1 aromatic rings. The van der Waals surface area contributed by atoms with Crippen LogP contribution < -0.4 is 10.2 Å². The Morgan fingerprint density at radius 2 is 1.58 bits per heavy atom. The average Bonchev–Trinajstić information content (AvgIpc) is 2.70. The van der Waals surface area contributed by atoms with Crippen LogP contribution in [0.3, 0.4) is 0 Å². The molecular weight excluding hydrogens is 320 g/mol. The zero-order chi connectivity index (χ0) is 17.8. The van der Waals surface area contributed by atoms with Gasteiger partial charge in [0.15, 0.2) is 0 Å². The molecule has 3 fully saturated rings. The zero-order valence-electron chi connectivity index (χ0n) is 16.5. The third-order valence-corrected chi connectivity index (χ3v) is 7.07. The minimum absolute atomic E-state index is 0.944. The molecule has 0 saturated carbocycles. The van der Waals surface area contributed by atoms with Crippen LogP contribution in [-0.2, 0) is 0 Å². The van der Waals surface area contributed by atoms with Crippen molar-refractivity contribution in [2.45, 2.75) is 45.4 Å². The molecule has 0 aromatic carbocycles. The fourth-order valence-corrected chi connectivity index (χ4v) is 5.31. The van der Waals surface area contributed by atoms with E-state index in [1.54, 1.807) is 0 Å². The third kappa shape index (κ3) is 4.58. The van der Waals surface area contributed by atoms with Gasteiger partial charge in [0.2, 0.25) is 0 Å². The van der Waals surface area contributed by atoms with Gasteiger partial charge in [0.1, 0.15) is 0 Å². The second-order valence-corrected chi connectivity index (χ2v) is 8.81. The molecule has 4 heterocycles. The number of hydrogen-bond donors (Lipinski definition) is 1. The molecule has 0 unspecified atom stereocenters. The van der Waals surface area contributed by atoms with E-state index in [0.717, 1.165) is 23.4 Å². The van der Waals surface area contributed by atoms with Crippen molar-refractivity contribution in [2.24, 2.45) is 17.8 Å². The van der Waals surface area contributed by atoms with Crippen LogP contribution in [0.15, 0.2) is 18.3 Å². The summed E-state index contributed by atoms with van der Waals surface area (Å²) in [6, 6.07) is 4.38. The highest BCUT2D eigenvalue weighted by atomic mass is 15.1. The van der Waals surface area contributed by atoms with Crippen molar-refractivity contribution < 1.29 is 0 Å². The van der Waals surface area contributed by atoms with Gasteiger partial charge >= 0.3 is 0 Å². The summed E-state index contributed by atoms with van der Waals surface area (Å²) in [5.74, 6) is 2.86. The van der Waals surface area contributed by atoms with Gasteiger partial charge in [0, 0.05) is 25.3 Å². The normalized spacial score (nSPS) is 24.9. The van der Waals surface area contributed by atoms with Crippen molar-refractivity contribution in [2.75, 3.05) is 50.7 Å². The lowest BCUT2D eigenvalue weighted by atomic mass is 9.78. The molecule has 3 saturated heterocycles. The van der Waals surface area contributed by atoms with Gasteiger partial charge in [-0.05, 0) is 102 Å². The minimum Gasteiger partial charge on any atom is -0.370 e. The molecule has 3 aliphatic heterocycles. The molecule has 1 N–H and O–H groups in total. The number of pyridine rings is 1. The largest absolute Gasteiger partial charge is 0.370 e. The van der Waals surface area contributed by atoms with Crippen LogP contribution in [0.1, 0.15) is 44.2 Å². The second kappa shape index (κ2) is 8.71. The molecule has 0 spiro atoms. The van der Waals surface area contributed by atoms with E-state index < -0.39 is 0 Å². The predicted octanol–water partition coefficient (Wildman–Crippen LogP) is 3.32. The van der Waals surface area contributed by atoms with Crippen LogP contribution in [0.5, 0.6) is 0 Å². The van der Waals surface area contributed by atoms with Gasteiger partial charge in [-0.25, -0.2) is 0 Å². The Morgan fingerprint density at radius 3 is 2.19 bits per heavy atom. The number of aryl methyl sites for hydroxylation is 1. The molecule has 0 atom stereocenters. The summed E-state index contributed by atoms with van der Waals surface area (Å²) in [6.07, 6.45) is 10.4. The molecule has 4 heteroatoms. The van der Waals surface area contributed by atoms with Crippen molar-refractivity contribution in [1.82, 2.24) is 15.2 Å². The first-order valence-corrected chi connectivity index (χ1v) is 10.9. The van der Waals surface area contributed by atoms with E-state index in [2.05, 4.69) is 45.4 Å². The van der Waals surface area contributed by atoms with Crippen LogP contribution in [0.2, 0.25) is 0 Å². The number of anilines is 1. The van der Waals surface area contributed by atoms with Crippen LogP contribution in [0.25, 0.3) is 0 Å². The lowest BCUT2D eigenvalue weighted by molar-refractivity contribution is 0.114. The van der Waals surface area contributed by atoms with Crippen LogP contribution in [0, 0.1) is 24.7 Å². The van der Waals surface area contributed by atoms with Crippen molar-refractivity contribution in [3.8, 4) is 0 Å². The Hall–Kier alpha value is -1.13. The quantitative estimate of drug-likeness (QED) is 0.897. The van der Waals surface area contributed by atoms with E-state index in [4.69, 9.17) is 0 Å². The Kier molecular flexibility index (Phi) is 6.11. The molecule has 4 nitrogen and oxygen atoms in total. The standard InChI is InChI=1S/C22H36N4/c1-18-2-3-22(16-24-18)26-14-8-21(9-15-26)20-6-12-25(13-7-20)17-19-4-10-23-11-5-19/h2-3,16,19-21,23H,4-15,17H2,1H3. The molecule has 144 valence electrons. The van der Waals surface area contributed by atoms with E-state index in [1.807, 2.05) is 0 Å². The van der Waals surface area contributed by atoms with Crippen LogP contribution >= 0.6 is 0 Å². The number of aromatic nitrogens is 1. The van der Waals surface area contributed by atoms with Gasteiger partial charge in [0.25, 0.3) is 0 Å². The molecular formula is C22H36N4. The van der Waals surface area contributed by atoms with Crippen molar-refractivity contribution in [3.63, 3.8) is 0 Å². The van der Waals surface area contributed by atoms with Gasteiger partial charge in [-0.1, -0.05) is 0 Å². The molecule has 4 rings (SSSR count). The predicted molar refractivity (Wildman–Crippen MR) is 109 cm³/mol. The molecule has 1 aromatic heterocycles. The van der Waals surface area contributed by atoms with Crippen LogP contribution in [-0.4, -0.2) is 55.7 Å². The number of hydrogen-bond acceptors (Lipinski definition) is 4. The summed E-state index contributed by atoms with van der Waals surface area (Å²) < 4.78 is 0. The van der Waals surface area contributed by atoms with E-state index in [0.29, 0.717) is 0 Å². The minimum atomic E-state index is 0.944. The lowest BCUT2D eigenvalue weighted by Crippen LogP contribution is -2.43. The number of nitrogens with one attached hydrogen (secondary N) is 1. The highest BCUT2D eigenvalue weighted by Gasteiger charge is 2.30. The second-order valence-electron chi connectivity index (χ2n) is 8.81. The fourth-order valence-electron chi connectivity index (χ4n) is 5.31. The maximum absolute atomic E-state index is 4.47. The maximum Gasteiger partial charge on any atom is 0.0552 e. The molecule has 3 aliphatic rings. The summed E-state index contributed by atoms with van der Waals surface area (Å²) in [4.78, 5) is 9.77. The Balaban J connectivity index is 1.20. The van der Waals surface area contributed by atoms with Gasteiger partial charge in [-0.15, -0.1) is 0 Å². The molecule has 0 radical (unpaired) electrons. The number of rotatable bonds is 4. The zero-order valence-corrected chi connectivity index (χ0v) is 16.5. The Bertz CT molecular complexity index is 536. The van der Waals surface area contributed by atoms with Crippen molar-refractivity contribution in [1.29, 1.82) is 0 Å². The summed E-state index contributed by atoms with van der Waals surface area (Å²) in [7, 11) is 0. The molecule has 0 bridgehead atoms. The first-order chi connectivity index (χ1) is 12.8. The summed E-state index contributed by atoms with van der Waals surface area (Å²) >= 11 is 0. The Morgan fingerprint density at radius 1 is 0.923 bits per heavy atom. The number of nitrogens with zero attached hydrogens (tertiary/aromatic N) is 3. The van der Waals surface area contributed by atoms with E-state index in [1.165, 1.54) is 90.0 Å². The maximum atomic E-state index is 4.47. The SMILES string of the molecule is Cc1ccc(N2CCC(C3CCN(CC4CCNCC4)CC3)CC2)cn1. The van der Waals surface area contributed by atoms with Crippen LogP contribution in [0.4, 0.5) is 5.69 Å².